The number of alkyl halides is 3. The van der Waals surface area contributed by atoms with Gasteiger partial charge in [-0.1, -0.05) is 25.0 Å². The van der Waals surface area contributed by atoms with E-state index >= 15 is 0 Å². The third kappa shape index (κ3) is 2.19. The minimum Gasteiger partial charge on any atom is -0.368 e. The number of rotatable bonds is 1. The SMILES string of the molecule is Nc1nc(C2CCCC2)c2cccc(C(F)(F)F)c2n1. The van der Waals surface area contributed by atoms with Crippen LogP contribution in [-0.4, -0.2) is 9.97 Å². The largest absolute Gasteiger partial charge is 0.418 e. The average molecular weight is 281 g/mol. The van der Waals surface area contributed by atoms with Crippen molar-refractivity contribution in [3.8, 4) is 0 Å². The molecule has 0 bridgehead atoms. The average Bonchev–Trinajstić information content (AvgIpc) is 2.89. The summed E-state index contributed by atoms with van der Waals surface area (Å²) in [7, 11) is 0. The van der Waals surface area contributed by atoms with Crippen molar-refractivity contribution in [2.75, 3.05) is 5.73 Å². The summed E-state index contributed by atoms with van der Waals surface area (Å²) in [6.45, 7) is 0. The van der Waals surface area contributed by atoms with Crippen molar-refractivity contribution in [2.45, 2.75) is 37.8 Å². The van der Waals surface area contributed by atoms with Gasteiger partial charge in [0.2, 0.25) is 5.95 Å². The van der Waals surface area contributed by atoms with E-state index in [1.807, 2.05) is 0 Å². The second-order valence-electron chi connectivity index (χ2n) is 5.15. The van der Waals surface area contributed by atoms with Crippen molar-refractivity contribution in [3.63, 3.8) is 0 Å². The van der Waals surface area contributed by atoms with Gasteiger partial charge in [-0.2, -0.15) is 13.2 Å². The first-order chi connectivity index (χ1) is 9.47. The Kier molecular flexibility index (Phi) is 3.03. The van der Waals surface area contributed by atoms with Crippen molar-refractivity contribution in [2.24, 2.45) is 0 Å². The number of nitrogens with zero attached hydrogens (tertiary/aromatic N) is 2. The summed E-state index contributed by atoms with van der Waals surface area (Å²) in [5.41, 5.74) is 5.44. The summed E-state index contributed by atoms with van der Waals surface area (Å²) in [4.78, 5) is 8.03. The van der Waals surface area contributed by atoms with E-state index in [0.29, 0.717) is 11.1 Å². The Hall–Kier alpha value is -1.85. The molecule has 1 aliphatic carbocycles. The van der Waals surface area contributed by atoms with Gasteiger partial charge in [0.25, 0.3) is 0 Å². The van der Waals surface area contributed by atoms with Crippen molar-refractivity contribution < 1.29 is 13.2 Å². The Balaban J connectivity index is 2.27. The monoisotopic (exact) mass is 281 g/mol. The van der Waals surface area contributed by atoms with Crippen molar-refractivity contribution >= 4 is 16.9 Å². The van der Waals surface area contributed by atoms with Crippen LogP contribution in [0.15, 0.2) is 18.2 Å². The summed E-state index contributed by atoms with van der Waals surface area (Å²) in [5.74, 6) is 0.0994. The lowest BCUT2D eigenvalue weighted by Gasteiger charge is -2.15. The zero-order valence-corrected chi connectivity index (χ0v) is 10.7. The van der Waals surface area contributed by atoms with E-state index in [1.165, 1.54) is 6.07 Å². The molecule has 1 aromatic carbocycles. The van der Waals surface area contributed by atoms with Gasteiger partial charge in [0.15, 0.2) is 0 Å². The molecule has 1 aromatic heterocycles. The normalized spacial score (nSPS) is 16.9. The maximum absolute atomic E-state index is 13.1. The molecule has 6 heteroatoms. The smallest absolute Gasteiger partial charge is 0.368 e. The standard InChI is InChI=1S/C14H14F3N3/c15-14(16,17)10-7-3-6-9-11(8-4-1-2-5-8)19-13(18)20-12(9)10/h3,6-8H,1-2,4-5H2,(H2,18,19,20). The highest BCUT2D eigenvalue weighted by Crippen LogP contribution is 2.39. The minimum absolute atomic E-state index is 0.0869. The molecule has 2 N–H and O–H groups in total. The van der Waals surface area contributed by atoms with Crippen LogP contribution in [0.3, 0.4) is 0 Å². The first-order valence-corrected chi connectivity index (χ1v) is 6.60. The first kappa shape index (κ1) is 13.1. The maximum Gasteiger partial charge on any atom is 0.418 e. The molecular formula is C14H14F3N3. The first-order valence-electron chi connectivity index (χ1n) is 6.60. The van der Waals surface area contributed by atoms with Gasteiger partial charge in [-0.25, -0.2) is 9.97 Å². The molecule has 0 radical (unpaired) electrons. The van der Waals surface area contributed by atoms with Crippen LogP contribution >= 0.6 is 0 Å². The molecule has 1 saturated carbocycles. The molecule has 1 aliphatic rings. The van der Waals surface area contributed by atoms with Crippen LogP contribution in [0.5, 0.6) is 0 Å². The summed E-state index contributed by atoms with van der Waals surface area (Å²) >= 11 is 0. The number of nitrogen functional groups attached to an aromatic ring is 1. The third-order valence-electron chi connectivity index (χ3n) is 3.82. The fourth-order valence-corrected chi connectivity index (χ4v) is 2.93. The van der Waals surface area contributed by atoms with E-state index in [1.54, 1.807) is 6.07 Å². The molecule has 3 rings (SSSR count). The zero-order chi connectivity index (χ0) is 14.3. The second-order valence-corrected chi connectivity index (χ2v) is 5.15. The number of hydrogen-bond donors (Lipinski definition) is 1. The highest BCUT2D eigenvalue weighted by Gasteiger charge is 2.34. The van der Waals surface area contributed by atoms with Crippen LogP contribution in [-0.2, 0) is 6.18 Å². The lowest BCUT2D eigenvalue weighted by molar-refractivity contribution is -0.136. The summed E-state index contributed by atoms with van der Waals surface area (Å²) in [5, 5.41) is 0.473. The van der Waals surface area contributed by atoms with Gasteiger partial charge in [-0.05, 0) is 18.9 Å². The predicted octanol–water partition coefficient (Wildman–Crippen LogP) is 3.89. The third-order valence-corrected chi connectivity index (χ3v) is 3.82. The summed E-state index contributed by atoms with van der Waals surface area (Å²) in [6, 6.07) is 4.09. The molecule has 0 atom stereocenters. The van der Waals surface area contributed by atoms with E-state index in [-0.39, 0.29) is 17.4 Å². The van der Waals surface area contributed by atoms with Crippen LogP contribution in [0.1, 0.15) is 42.9 Å². The second kappa shape index (κ2) is 4.61. The summed E-state index contributed by atoms with van der Waals surface area (Å²) in [6.07, 6.45) is -0.388. The topological polar surface area (TPSA) is 51.8 Å². The molecule has 0 spiro atoms. The van der Waals surface area contributed by atoms with Crippen molar-refractivity contribution in [3.05, 3.63) is 29.5 Å². The number of benzene rings is 1. The number of halogens is 3. The molecule has 0 unspecified atom stereocenters. The number of hydrogen-bond acceptors (Lipinski definition) is 3. The molecule has 0 aliphatic heterocycles. The summed E-state index contributed by atoms with van der Waals surface area (Å²) < 4.78 is 39.2. The van der Waals surface area contributed by atoms with Gasteiger partial charge in [0, 0.05) is 11.3 Å². The lowest BCUT2D eigenvalue weighted by atomic mass is 9.98. The Morgan fingerprint density at radius 1 is 1.10 bits per heavy atom. The molecule has 2 aromatic rings. The molecule has 1 fully saturated rings. The fraction of sp³-hybridized carbons (Fsp3) is 0.429. The molecule has 20 heavy (non-hydrogen) atoms. The molecule has 3 nitrogen and oxygen atoms in total. The maximum atomic E-state index is 13.1. The fourth-order valence-electron chi connectivity index (χ4n) is 2.93. The number of nitrogens with two attached hydrogens (primary N) is 1. The molecular weight excluding hydrogens is 267 g/mol. The van der Waals surface area contributed by atoms with E-state index < -0.39 is 11.7 Å². The van der Waals surface area contributed by atoms with Crippen LogP contribution in [0.4, 0.5) is 19.1 Å². The number of fused-ring (bicyclic) bond motifs is 1. The van der Waals surface area contributed by atoms with Crippen molar-refractivity contribution in [1.29, 1.82) is 0 Å². The number of para-hydroxylation sites is 1. The number of aromatic nitrogens is 2. The minimum atomic E-state index is -4.44. The van der Waals surface area contributed by atoms with Crippen LogP contribution in [0, 0.1) is 0 Å². The van der Waals surface area contributed by atoms with Gasteiger partial charge >= 0.3 is 6.18 Å². The van der Waals surface area contributed by atoms with Crippen LogP contribution in [0.2, 0.25) is 0 Å². The molecule has 0 amide bonds. The van der Waals surface area contributed by atoms with Gasteiger partial charge in [-0.3, -0.25) is 0 Å². The van der Waals surface area contributed by atoms with Gasteiger partial charge in [-0.15, -0.1) is 0 Å². The molecule has 0 saturated heterocycles. The highest BCUT2D eigenvalue weighted by molar-refractivity contribution is 5.85. The lowest BCUT2D eigenvalue weighted by Crippen LogP contribution is -2.10. The zero-order valence-electron chi connectivity index (χ0n) is 10.7. The van der Waals surface area contributed by atoms with Crippen LogP contribution in [0.25, 0.3) is 10.9 Å². The quantitative estimate of drug-likeness (QED) is 0.862. The Labute approximate surface area is 114 Å². The van der Waals surface area contributed by atoms with E-state index in [0.717, 1.165) is 31.7 Å². The van der Waals surface area contributed by atoms with E-state index in [9.17, 15) is 13.2 Å². The van der Waals surface area contributed by atoms with Gasteiger partial charge in [0.05, 0.1) is 16.8 Å². The van der Waals surface area contributed by atoms with Gasteiger partial charge < -0.3 is 5.73 Å². The Morgan fingerprint density at radius 3 is 2.45 bits per heavy atom. The van der Waals surface area contributed by atoms with Gasteiger partial charge in [0.1, 0.15) is 0 Å². The van der Waals surface area contributed by atoms with E-state index in [2.05, 4.69) is 9.97 Å². The molecule has 1 heterocycles. The van der Waals surface area contributed by atoms with E-state index in [4.69, 9.17) is 5.73 Å². The molecule has 106 valence electrons. The predicted molar refractivity (Wildman–Crippen MR) is 70.2 cm³/mol. The Bertz CT molecular complexity index is 646. The highest BCUT2D eigenvalue weighted by atomic mass is 19.4. The van der Waals surface area contributed by atoms with Crippen molar-refractivity contribution in [1.82, 2.24) is 9.97 Å². The number of anilines is 1. The van der Waals surface area contributed by atoms with Crippen LogP contribution < -0.4 is 5.73 Å². The Morgan fingerprint density at radius 2 is 1.80 bits per heavy atom.